The molecule has 0 radical (unpaired) electrons. The van der Waals surface area contributed by atoms with Crippen molar-refractivity contribution in [2.75, 3.05) is 6.61 Å². The van der Waals surface area contributed by atoms with Gasteiger partial charge in [0.2, 0.25) is 0 Å². The van der Waals surface area contributed by atoms with Gasteiger partial charge < -0.3 is 9.84 Å². The van der Waals surface area contributed by atoms with Crippen molar-refractivity contribution in [3.63, 3.8) is 0 Å². The lowest BCUT2D eigenvalue weighted by molar-refractivity contribution is 0.0976. The van der Waals surface area contributed by atoms with Gasteiger partial charge in [-0.25, -0.2) is 4.39 Å². The Morgan fingerprint density at radius 3 is 2.46 bits per heavy atom. The molecule has 1 aliphatic heterocycles. The van der Waals surface area contributed by atoms with Crippen LogP contribution in [0.4, 0.5) is 4.39 Å². The third-order valence-electron chi connectivity index (χ3n) is 3.57. The number of aryl methyl sites for hydroxylation is 2. The van der Waals surface area contributed by atoms with Crippen LogP contribution in [0.2, 0.25) is 0 Å². The van der Waals surface area contributed by atoms with E-state index in [1.54, 1.807) is 18.2 Å². The Labute approximate surface area is 140 Å². The van der Waals surface area contributed by atoms with E-state index in [4.69, 9.17) is 14.4 Å². The van der Waals surface area contributed by atoms with E-state index in [0.717, 1.165) is 24.0 Å². The van der Waals surface area contributed by atoms with Crippen LogP contribution in [0.1, 0.15) is 17.5 Å². The summed E-state index contributed by atoms with van der Waals surface area (Å²) in [5, 5.41) is 8.87. The maximum absolute atomic E-state index is 12.8. The molecule has 5 nitrogen and oxygen atoms in total. The summed E-state index contributed by atoms with van der Waals surface area (Å²) in [7, 11) is -4.02. The van der Waals surface area contributed by atoms with Gasteiger partial charge in [0.25, 0.3) is 10.1 Å². The molecule has 0 bridgehead atoms. The van der Waals surface area contributed by atoms with Gasteiger partial charge in [-0.15, -0.1) is 0 Å². The SMILES string of the molecule is Cc1ccc(S(=O)(=O)O)cc1.OCC1CCc2cc(F)ccc2O1. The first-order chi connectivity index (χ1) is 11.3. The van der Waals surface area contributed by atoms with Crippen LogP contribution in [-0.4, -0.2) is 30.8 Å². The Kier molecular flexibility index (Phi) is 5.93. The summed E-state index contributed by atoms with van der Waals surface area (Å²) in [6, 6.07) is 10.5. The first kappa shape index (κ1) is 18.4. The fourth-order valence-corrected chi connectivity index (χ4v) is 2.73. The predicted molar refractivity (Wildman–Crippen MR) is 87.2 cm³/mol. The highest BCUT2D eigenvalue weighted by atomic mass is 32.2. The summed E-state index contributed by atoms with van der Waals surface area (Å²) in [5.41, 5.74) is 1.85. The zero-order chi connectivity index (χ0) is 17.7. The largest absolute Gasteiger partial charge is 0.488 e. The van der Waals surface area contributed by atoms with Gasteiger partial charge in [-0.1, -0.05) is 17.7 Å². The second kappa shape index (κ2) is 7.74. The van der Waals surface area contributed by atoms with Crippen LogP contribution < -0.4 is 4.74 Å². The topological polar surface area (TPSA) is 83.8 Å². The van der Waals surface area contributed by atoms with Gasteiger partial charge in [0.05, 0.1) is 11.5 Å². The molecule has 0 aliphatic carbocycles. The predicted octanol–water partition coefficient (Wildman–Crippen LogP) is 2.75. The van der Waals surface area contributed by atoms with Crippen molar-refractivity contribution in [3.8, 4) is 5.75 Å². The third kappa shape index (κ3) is 5.02. The van der Waals surface area contributed by atoms with Crippen molar-refractivity contribution in [1.29, 1.82) is 0 Å². The fraction of sp³-hybridized carbons (Fsp3) is 0.294. The Balaban J connectivity index is 0.000000177. The van der Waals surface area contributed by atoms with E-state index in [2.05, 4.69) is 0 Å². The summed E-state index contributed by atoms with van der Waals surface area (Å²) in [6.07, 6.45) is 1.41. The first-order valence-electron chi connectivity index (χ1n) is 7.39. The number of hydrogen-bond donors (Lipinski definition) is 2. The molecular formula is C17H19FO5S. The van der Waals surface area contributed by atoms with Crippen molar-refractivity contribution in [2.45, 2.75) is 30.8 Å². The second-order valence-electron chi connectivity index (χ2n) is 5.50. The van der Waals surface area contributed by atoms with Crippen molar-refractivity contribution in [1.82, 2.24) is 0 Å². The lowest BCUT2D eigenvalue weighted by atomic mass is 10.0. The number of halogens is 1. The molecule has 2 aromatic rings. The van der Waals surface area contributed by atoms with Gasteiger partial charge in [0.1, 0.15) is 17.7 Å². The zero-order valence-corrected chi connectivity index (χ0v) is 14.0. The summed E-state index contributed by atoms with van der Waals surface area (Å²) >= 11 is 0. The van der Waals surface area contributed by atoms with Crippen molar-refractivity contribution in [3.05, 3.63) is 59.4 Å². The maximum atomic E-state index is 12.8. The number of rotatable bonds is 2. The molecule has 1 aliphatic rings. The van der Waals surface area contributed by atoms with Crippen molar-refractivity contribution in [2.24, 2.45) is 0 Å². The number of hydrogen-bond acceptors (Lipinski definition) is 4. The highest BCUT2D eigenvalue weighted by Crippen LogP contribution is 2.27. The molecule has 1 unspecified atom stereocenters. The minimum Gasteiger partial charge on any atom is -0.488 e. The van der Waals surface area contributed by atoms with E-state index in [1.165, 1.54) is 24.3 Å². The third-order valence-corrected chi connectivity index (χ3v) is 4.44. The Morgan fingerprint density at radius 2 is 1.88 bits per heavy atom. The zero-order valence-electron chi connectivity index (χ0n) is 13.1. The van der Waals surface area contributed by atoms with Crippen LogP contribution >= 0.6 is 0 Å². The minimum atomic E-state index is -4.02. The number of benzene rings is 2. The van der Waals surface area contributed by atoms with Crippen LogP contribution in [0.3, 0.4) is 0 Å². The molecule has 0 spiro atoms. The van der Waals surface area contributed by atoms with E-state index in [1.807, 2.05) is 6.92 Å². The smallest absolute Gasteiger partial charge is 0.294 e. The summed E-state index contributed by atoms with van der Waals surface area (Å²) in [6.45, 7) is 1.87. The fourth-order valence-electron chi connectivity index (χ4n) is 2.25. The quantitative estimate of drug-likeness (QED) is 0.810. The van der Waals surface area contributed by atoms with E-state index >= 15 is 0 Å². The molecule has 24 heavy (non-hydrogen) atoms. The molecular weight excluding hydrogens is 335 g/mol. The number of fused-ring (bicyclic) bond motifs is 1. The van der Waals surface area contributed by atoms with Crippen LogP contribution in [-0.2, 0) is 16.5 Å². The number of aliphatic hydroxyl groups excluding tert-OH is 1. The molecule has 1 atom stereocenters. The van der Waals surface area contributed by atoms with Gasteiger partial charge in [-0.05, 0) is 55.7 Å². The molecule has 3 rings (SSSR count). The second-order valence-corrected chi connectivity index (χ2v) is 6.92. The highest BCUT2D eigenvalue weighted by Gasteiger charge is 2.18. The van der Waals surface area contributed by atoms with Gasteiger partial charge in [0, 0.05) is 0 Å². The van der Waals surface area contributed by atoms with Gasteiger partial charge >= 0.3 is 0 Å². The van der Waals surface area contributed by atoms with E-state index in [-0.39, 0.29) is 23.4 Å². The summed E-state index contributed by atoms with van der Waals surface area (Å²) in [5.74, 6) is 0.469. The summed E-state index contributed by atoms with van der Waals surface area (Å²) < 4.78 is 47.7. The molecule has 0 amide bonds. The molecule has 2 aromatic carbocycles. The van der Waals surface area contributed by atoms with Gasteiger partial charge in [-0.3, -0.25) is 4.55 Å². The molecule has 2 N–H and O–H groups in total. The highest BCUT2D eigenvalue weighted by molar-refractivity contribution is 7.85. The lowest BCUT2D eigenvalue weighted by Gasteiger charge is -2.24. The molecule has 0 fully saturated rings. The van der Waals surface area contributed by atoms with Gasteiger partial charge in [0.15, 0.2) is 0 Å². The molecule has 0 saturated carbocycles. The van der Waals surface area contributed by atoms with Crippen LogP contribution in [0.5, 0.6) is 5.75 Å². The minimum absolute atomic E-state index is 0.0246. The average Bonchev–Trinajstić information content (AvgIpc) is 2.54. The monoisotopic (exact) mass is 354 g/mol. The van der Waals surface area contributed by atoms with E-state index in [9.17, 15) is 12.8 Å². The normalized spacial score (nSPS) is 16.4. The van der Waals surface area contributed by atoms with Crippen LogP contribution in [0, 0.1) is 12.7 Å². The first-order valence-corrected chi connectivity index (χ1v) is 8.83. The lowest BCUT2D eigenvalue weighted by Crippen LogP contribution is -2.26. The molecule has 130 valence electrons. The standard InChI is InChI=1S/C10H11FO2.C7H8O3S/c11-8-2-4-10-7(5-8)1-3-9(6-12)13-10;1-6-2-4-7(5-3-6)11(8,9)10/h2,4-5,9,12H,1,3,6H2;2-5H,1H3,(H,8,9,10). The Morgan fingerprint density at radius 1 is 1.21 bits per heavy atom. The molecule has 0 saturated heterocycles. The number of ether oxygens (including phenoxy) is 1. The van der Waals surface area contributed by atoms with E-state index in [0.29, 0.717) is 5.75 Å². The summed E-state index contributed by atoms with van der Waals surface area (Å²) in [4.78, 5) is -0.0666. The molecule has 0 aromatic heterocycles. The van der Waals surface area contributed by atoms with Crippen LogP contribution in [0.15, 0.2) is 47.4 Å². The van der Waals surface area contributed by atoms with Crippen LogP contribution in [0.25, 0.3) is 0 Å². The molecule has 1 heterocycles. The number of aliphatic hydroxyl groups is 1. The Hall–Kier alpha value is -1.96. The average molecular weight is 354 g/mol. The maximum Gasteiger partial charge on any atom is 0.294 e. The van der Waals surface area contributed by atoms with Crippen molar-refractivity contribution >= 4 is 10.1 Å². The van der Waals surface area contributed by atoms with E-state index < -0.39 is 10.1 Å². The Bertz CT molecular complexity index is 787. The molecule has 7 heteroatoms. The van der Waals surface area contributed by atoms with Crippen molar-refractivity contribution < 1.29 is 27.2 Å². The van der Waals surface area contributed by atoms with Gasteiger partial charge in [-0.2, -0.15) is 8.42 Å².